The molecule has 0 aliphatic heterocycles. The first-order chi connectivity index (χ1) is 8.40. The number of rotatable bonds is 3. The Morgan fingerprint density at radius 2 is 1.67 bits per heavy atom. The largest absolute Gasteiger partial charge is 0.399 e. The second-order valence-electron chi connectivity index (χ2n) is 5.08. The number of hydrogen-bond donors (Lipinski definition) is 2. The second-order valence-corrected chi connectivity index (χ2v) is 7.04. The van der Waals surface area contributed by atoms with E-state index in [1.54, 1.807) is 12.1 Å². The zero-order valence-corrected chi connectivity index (χ0v) is 11.7. The van der Waals surface area contributed by atoms with Gasteiger partial charge in [-0.25, -0.2) is 8.42 Å². The molecule has 1 aliphatic rings. The van der Waals surface area contributed by atoms with Crippen LogP contribution in [0.5, 0.6) is 0 Å². The first-order valence-corrected chi connectivity index (χ1v) is 7.83. The molecule has 0 aromatic heterocycles. The van der Waals surface area contributed by atoms with E-state index in [0.29, 0.717) is 11.4 Å². The van der Waals surface area contributed by atoms with Crippen molar-refractivity contribution in [3.05, 3.63) is 23.3 Å². The Morgan fingerprint density at radius 3 is 2.17 bits per heavy atom. The molecule has 1 aromatic carbocycles. The Bertz CT molecular complexity index is 523. The summed E-state index contributed by atoms with van der Waals surface area (Å²) in [7, 11) is -3.26. The zero-order valence-electron chi connectivity index (χ0n) is 10.9. The fourth-order valence-electron chi connectivity index (χ4n) is 2.58. The fraction of sp³-hybridized carbons (Fsp3) is 0.538. The predicted octanol–water partition coefficient (Wildman–Crippen LogP) is 2.57. The van der Waals surface area contributed by atoms with Gasteiger partial charge >= 0.3 is 0 Å². The van der Waals surface area contributed by atoms with Crippen LogP contribution >= 0.6 is 0 Å². The van der Waals surface area contributed by atoms with Gasteiger partial charge in [-0.2, -0.15) is 0 Å². The average Bonchev–Trinajstić information content (AvgIpc) is 2.77. The smallest absolute Gasteiger partial charge is 0.235 e. The number of nitrogens with two attached hydrogens (primary N) is 1. The van der Waals surface area contributed by atoms with E-state index < -0.39 is 10.0 Å². The first-order valence-electron chi connectivity index (χ1n) is 6.28. The highest BCUT2D eigenvalue weighted by Gasteiger charge is 2.29. The van der Waals surface area contributed by atoms with Crippen molar-refractivity contribution in [3.63, 3.8) is 0 Å². The highest BCUT2D eigenvalue weighted by molar-refractivity contribution is 7.93. The van der Waals surface area contributed by atoms with Crippen molar-refractivity contribution >= 4 is 21.4 Å². The summed E-state index contributed by atoms with van der Waals surface area (Å²) < 4.78 is 27.2. The summed E-state index contributed by atoms with van der Waals surface area (Å²) in [6.45, 7) is 3.74. The van der Waals surface area contributed by atoms with E-state index in [2.05, 4.69) is 4.72 Å². The lowest BCUT2D eigenvalue weighted by molar-refractivity contribution is 0.585. The molecule has 0 radical (unpaired) electrons. The molecular formula is C13H20N2O2S. The number of hydrogen-bond acceptors (Lipinski definition) is 3. The van der Waals surface area contributed by atoms with Crippen molar-refractivity contribution in [3.8, 4) is 0 Å². The molecule has 0 amide bonds. The van der Waals surface area contributed by atoms with E-state index in [1.807, 2.05) is 13.8 Å². The molecule has 18 heavy (non-hydrogen) atoms. The summed E-state index contributed by atoms with van der Waals surface area (Å²) in [6.07, 6.45) is 3.54. The van der Waals surface area contributed by atoms with Crippen LogP contribution in [0.25, 0.3) is 0 Å². The van der Waals surface area contributed by atoms with E-state index >= 15 is 0 Å². The van der Waals surface area contributed by atoms with Crippen molar-refractivity contribution in [1.29, 1.82) is 0 Å². The number of sulfonamides is 1. The summed E-state index contributed by atoms with van der Waals surface area (Å²) in [5.74, 6) is 0. The Balaban J connectivity index is 2.29. The van der Waals surface area contributed by atoms with Gasteiger partial charge in [0.25, 0.3) is 0 Å². The van der Waals surface area contributed by atoms with Gasteiger partial charge in [0.05, 0.1) is 10.9 Å². The van der Waals surface area contributed by atoms with Crippen molar-refractivity contribution in [1.82, 2.24) is 0 Å². The lowest BCUT2D eigenvalue weighted by Crippen LogP contribution is -2.26. The molecule has 2 rings (SSSR count). The van der Waals surface area contributed by atoms with Gasteiger partial charge in [0.2, 0.25) is 10.0 Å². The van der Waals surface area contributed by atoms with E-state index in [0.717, 1.165) is 36.8 Å². The molecule has 3 N–H and O–H groups in total. The molecule has 1 aromatic rings. The number of nitrogens with one attached hydrogen (secondary N) is 1. The summed E-state index contributed by atoms with van der Waals surface area (Å²) >= 11 is 0. The SMILES string of the molecule is Cc1cc(N)cc(C)c1NS(=O)(=O)C1CCCC1. The second kappa shape index (κ2) is 4.80. The third-order valence-electron chi connectivity index (χ3n) is 3.54. The molecule has 0 unspecified atom stereocenters. The number of anilines is 2. The molecule has 0 spiro atoms. The van der Waals surface area contributed by atoms with Crippen LogP contribution in [-0.4, -0.2) is 13.7 Å². The Morgan fingerprint density at radius 1 is 1.17 bits per heavy atom. The van der Waals surface area contributed by atoms with E-state index in [-0.39, 0.29) is 5.25 Å². The minimum atomic E-state index is -3.26. The van der Waals surface area contributed by atoms with Gasteiger partial charge in [-0.05, 0) is 49.9 Å². The van der Waals surface area contributed by atoms with Crippen molar-refractivity contribution in [2.24, 2.45) is 0 Å². The van der Waals surface area contributed by atoms with Gasteiger partial charge in [-0.1, -0.05) is 12.8 Å². The van der Waals surface area contributed by atoms with E-state index in [9.17, 15) is 8.42 Å². The Kier molecular flexibility index (Phi) is 3.52. The summed E-state index contributed by atoms with van der Waals surface area (Å²) in [6, 6.07) is 3.58. The maximum absolute atomic E-state index is 12.2. The van der Waals surface area contributed by atoms with Gasteiger partial charge in [-0.15, -0.1) is 0 Å². The van der Waals surface area contributed by atoms with Crippen LogP contribution < -0.4 is 10.5 Å². The van der Waals surface area contributed by atoms with Crippen molar-refractivity contribution < 1.29 is 8.42 Å². The van der Waals surface area contributed by atoms with Crippen LogP contribution in [0.1, 0.15) is 36.8 Å². The monoisotopic (exact) mass is 268 g/mol. The van der Waals surface area contributed by atoms with Crippen LogP contribution in [-0.2, 0) is 10.0 Å². The summed E-state index contributed by atoms with van der Waals surface area (Å²) in [5.41, 5.74) is 8.81. The predicted molar refractivity (Wildman–Crippen MR) is 75.1 cm³/mol. The van der Waals surface area contributed by atoms with Crippen LogP contribution in [0.2, 0.25) is 0 Å². The topological polar surface area (TPSA) is 72.2 Å². The summed E-state index contributed by atoms with van der Waals surface area (Å²) in [4.78, 5) is 0. The minimum absolute atomic E-state index is 0.242. The highest BCUT2D eigenvalue weighted by Crippen LogP contribution is 2.29. The van der Waals surface area contributed by atoms with Gasteiger partial charge in [-0.3, -0.25) is 4.72 Å². The lowest BCUT2D eigenvalue weighted by Gasteiger charge is -2.17. The molecule has 0 saturated heterocycles. The number of aryl methyl sites for hydroxylation is 2. The molecule has 1 fully saturated rings. The van der Waals surface area contributed by atoms with Gasteiger partial charge < -0.3 is 5.73 Å². The van der Waals surface area contributed by atoms with E-state index in [4.69, 9.17) is 5.73 Å². The Labute approximate surface area is 109 Å². The van der Waals surface area contributed by atoms with Crippen molar-refractivity contribution in [2.45, 2.75) is 44.8 Å². The van der Waals surface area contributed by atoms with Gasteiger partial charge in [0.15, 0.2) is 0 Å². The van der Waals surface area contributed by atoms with E-state index in [1.165, 1.54) is 0 Å². The molecule has 1 saturated carbocycles. The Hall–Kier alpha value is -1.23. The number of nitrogen functional groups attached to an aromatic ring is 1. The third kappa shape index (κ3) is 2.61. The minimum Gasteiger partial charge on any atom is -0.399 e. The highest BCUT2D eigenvalue weighted by atomic mass is 32.2. The van der Waals surface area contributed by atoms with Crippen LogP contribution in [0, 0.1) is 13.8 Å². The first kappa shape index (κ1) is 13.2. The summed E-state index contributed by atoms with van der Waals surface area (Å²) in [5, 5.41) is -0.242. The van der Waals surface area contributed by atoms with Gasteiger partial charge in [0.1, 0.15) is 0 Å². The quantitative estimate of drug-likeness (QED) is 0.828. The zero-order chi connectivity index (χ0) is 13.3. The van der Waals surface area contributed by atoms with Gasteiger partial charge in [0, 0.05) is 5.69 Å². The van der Waals surface area contributed by atoms with Crippen LogP contribution in [0.3, 0.4) is 0 Å². The lowest BCUT2D eigenvalue weighted by atomic mass is 10.1. The number of benzene rings is 1. The molecule has 0 bridgehead atoms. The van der Waals surface area contributed by atoms with Crippen LogP contribution in [0.15, 0.2) is 12.1 Å². The van der Waals surface area contributed by atoms with Crippen LogP contribution in [0.4, 0.5) is 11.4 Å². The molecular weight excluding hydrogens is 248 g/mol. The average molecular weight is 268 g/mol. The fourth-order valence-corrected chi connectivity index (χ4v) is 4.31. The molecule has 100 valence electrons. The molecule has 5 heteroatoms. The molecule has 0 atom stereocenters. The molecule has 4 nitrogen and oxygen atoms in total. The molecule has 0 heterocycles. The maximum Gasteiger partial charge on any atom is 0.235 e. The normalized spacial score (nSPS) is 17.0. The maximum atomic E-state index is 12.2. The molecule has 1 aliphatic carbocycles. The van der Waals surface area contributed by atoms with Crippen molar-refractivity contribution in [2.75, 3.05) is 10.5 Å². The third-order valence-corrected chi connectivity index (χ3v) is 5.38. The standard InChI is InChI=1S/C13H20N2O2S/c1-9-7-11(14)8-10(2)13(9)15-18(16,17)12-5-3-4-6-12/h7-8,12,15H,3-6,14H2,1-2H3.